The van der Waals surface area contributed by atoms with Crippen LogP contribution < -0.4 is 15.4 Å². The van der Waals surface area contributed by atoms with Crippen molar-refractivity contribution in [3.63, 3.8) is 0 Å². The molecule has 0 saturated carbocycles. The standard InChI is InChI=1S/C18H25N5O2/c1-13-6-7-16(25-4)15(10-13)22-17(24)14-11-20-18(21-12-14)19-8-5-9-23(2)3/h6-7,10-12H,5,8-9H2,1-4H3,(H,22,24)(H,19,20,21). The minimum absolute atomic E-state index is 0.275. The second kappa shape index (κ2) is 8.98. The van der Waals surface area contributed by atoms with Crippen LogP contribution in [0.2, 0.25) is 0 Å². The van der Waals surface area contributed by atoms with E-state index >= 15 is 0 Å². The third-order valence-corrected chi connectivity index (χ3v) is 3.58. The molecule has 134 valence electrons. The van der Waals surface area contributed by atoms with Gasteiger partial charge in [-0.3, -0.25) is 4.79 Å². The van der Waals surface area contributed by atoms with Gasteiger partial charge in [-0.2, -0.15) is 0 Å². The van der Waals surface area contributed by atoms with E-state index in [1.165, 1.54) is 12.4 Å². The number of aryl methyl sites for hydroxylation is 1. The maximum atomic E-state index is 12.4. The molecule has 25 heavy (non-hydrogen) atoms. The molecule has 0 spiro atoms. The Labute approximate surface area is 148 Å². The maximum Gasteiger partial charge on any atom is 0.258 e. The number of benzene rings is 1. The molecule has 1 aromatic heterocycles. The molecule has 1 heterocycles. The highest BCUT2D eigenvalue weighted by molar-refractivity contribution is 6.04. The molecule has 2 aromatic rings. The largest absolute Gasteiger partial charge is 0.495 e. The van der Waals surface area contributed by atoms with E-state index in [0.717, 1.165) is 25.1 Å². The quantitative estimate of drug-likeness (QED) is 0.717. The predicted molar refractivity (Wildman–Crippen MR) is 99.4 cm³/mol. The minimum atomic E-state index is -0.275. The van der Waals surface area contributed by atoms with Crippen LogP contribution in [0, 0.1) is 6.92 Å². The Bertz CT molecular complexity index is 701. The van der Waals surface area contributed by atoms with E-state index in [0.29, 0.717) is 22.9 Å². The number of anilines is 2. The van der Waals surface area contributed by atoms with Crippen molar-refractivity contribution in [1.29, 1.82) is 0 Å². The fraction of sp³-hybridized carbons (Fsp3) is 0.389. The Balaban J connectivity index is 1.95. The summed E-state index contributed by atoms with van der Waals surface area (Å²) in [6, 6.07) is 5.61. The smallest absolute Gasteiger partial charge is 0.258 e. The zero-order chi connectivity index (χ0) is 18.2. The van der Waals surface area contributed by atoms with Crippen LogP contribution >= 0.6 is 0 Å². The zero-order valence-electron chi connectivity index (χ0n) is 15.2. The molecule has 2 rings (SSSR count). The molecule has 1 aromatic carbocycles. The summed E-state index contributed by atoms with van der Waals surface area (Å²) in [6.07, 6.45) is 4.02. The van der Waals surface area contributed by atoms with E-state index in [9.17, 15) is 4.79 Å². The van der Waals surface area contributed by atoms with Crippen LogP contribution in [0.25, 0.3) is 0 Å². The highest BCUT2D eigenvalue weighted by Crippen LogP contribution is 2.25. The number of hydrogen-bond donors (Lipinski definition) is 2. The highest BCUT2D eigenvalue weighted by atomic mass is 16.5. The van der Waals surface area contributed by atoms with Gasteiger partial charge in [-0.25, -0.2) is 9.97 Å². The Kier molecular flexibility index (Phi) is 6.71. The molecule has 7 nitrogen and oxygen atoms in total. The molecular weight excluding hydrogens is 318 g/mol. The number of methoxy groups -OCH3 is 1. The highest BCUT2D eigenvalue weighted by Gasteiger charge is 2.11. The van der Waals surface area contributed by atoms with Crippen LogP contribution in [-0.4, -0.2) is 55.1 Å². The molecule has 0 atom stereocenters. The molecule has 0 aliphatic rings. The molecule has 7 heteroatoms. The second-order valence-corrected chi connectivity index (χ2v) is 6.04. The molecule has 0 aliphatic carbocycles. The van der Waals surface area contributed by atoms with Crippen LogP contribution in [0.4, 0.5) is 11.6 Å². The second-order valence-electron chi connectivity index (χ2n) is 6.04. The minimum Gasteiger partial charge on any atom is -0.495 e. The Morgan fingerprint density at radius 2 is 1.96 bits per heavy atom. The molecule has 2 N–H and O–H groups in total. The van der Waals surface area contributed by atoms with Gasteiger partial charge in [-0.1, -0.05) is 6.07 Å². The van der Waals surface area contributed by atoms with Gasteiger partial charge in [-0.15, -0.1) is 0 Å². The van der Waals surface area contributed by atoms with Crippen molar-refractivity contribution < 1.29 is 9.53 Å². The van der Waals surface area contributed by atoms with Crippen molar-refractivity contribution >= 4 is 17.5 Å². The van der Waals surface area contributed by atoms with Crippen molar-refractivity contribution in [2.75, 3.05) is 44.9 Å². The van der Waals surface area contributed by atoms with Crippen molar-refractivity contribution in [2.24, 2.45) is 0 Å². The van der Waals surface area contributed by atoms with Crippen molar-refractivity contribution in [3.05, 3.63) is 41.7 Å². The lowest BCUT2D eigenvalue weighted by Crippen LogP contribution is -2.17. The summed E-state index contributed by atoms with van der Waals surface area (Å²) < 4.78 is 5.27. The van der Waals surface area contributed by atoms with Gasteiger partial charge in [0, 0.05) is 18.9 Å². The van der Waals surface area contributed by atoms with Gasteiger partial charge in [0.1, 0.15) is 5.75 Å². The van der Waals surface area contributed by atoms with E-state index < -0.39 is 0 Å². The third-order valence-electron chi connectivity index (χ3n) is 3.58. The van der Waals surface area contributed by atoms with Gasteiger partial charge in [0.25, 0.3) is 5.91 Å². The zero-order valence-corrected chi connectivity index (χ0v) is 15.2. The lowest BCUT2D eigenvalue weighted by Gasteiger charge is -2.11. The maximum absolute atomic E-state index is 12.4. The molecule has 0 saturated heterocycles. The molecule has 0 unspecified atom stereocenters. The first kappa shape index (κ1) is 18.7. The van der Waals surface area contributed by atoms with E-state index in [1.54, 1.807) is 7.11 Å². The monoisotopic (exact) mass is 343 g/mol. The first-order chi connectivity index (χ1) is 12.0. The summed E-state index contributed by atoms with van der Waals surface area (Å²) >= 11 is 0. The van der Waals surface area contributed by atoms with E-state index in [2.05, 4.69) is 25.5 Å². The van der Waals surface area contributed by atoms with Crippen molar-refractivity contribution in [3.8, 4) is 5.75 Å². The number of ether oxygens (including phenoxy) is 1. The van der Waals surface area contributed by atoms with E-state index in [4.69, 9.17) is 4.74 Å². The SMILES string of the molecule is COc1ccc(C)cc1NC(=O)c1cnc(NCCCN(C)C)nc1. The lowest BCUT2D eigenvalue weighted by molar-refractivity contribution is 0.102. The number of aromatic nitrogens is 2. The number of hydrogen-bond acceptors (Lipinski definition) is 6. The van der Waals surface area contributed by atoms with Gasteiger partial charge in [0.15, 0.2) is 0 Å². The average Bonchev–Trinajstić information content (AvgIpc) is 2.59. The van der Waals surface area contributed by atoms with Crippen LogP contribution in [0.5, 0.6) is 5.75 Å². The number of rotatable bonds is 8. The Hall–Kier alpha value is -2.67. The third kappa shape index (κ3) is 5.72. The van der Waals surface area contributed by atoms with Crippen LogP contribution in [-0.2, 0) is 0 Å². The molecule has 0 radical (unpaired) electrons. The number of carbonyl (C=O) groups excluding carboxylic acids is 1. The topological polar surface area (TPSA) is 79.4 Å². The van der Waals surface area contributed by atoms with Gasteiger partial charge in [0.2, 0.25) is 5.95 Å². The number of amides is 1. The molecular formula is C18H25N5O2. The summed E-state index contributed by atoms with van der Waals surface area (Å²) in [5.41, 5.74) is 2.05. The fourth-order valence-corrected chi connectivity index (χ4v) is 2.25. The van der Waals surface area contributed by atoms with Crippen LogP contribution in [0.3, 0.4) is 0 Å². The van der Waals surface area contributed by atoms with Crippen molar-refractivity contribution in [1.82, 2.24) is 14.9 Å². The summed E-state index contributed by atoms with van der Waals surface area (Å²) in [7, 11) is 5.64. The van der Waals surface area contributed by atoms with Gasteiger partial charge in [-0.05, 0) is 51.7 Å². The fourth-order valence-electron chi connectivity index (χ4n) is 2.25. The lowest BCUT2D eigenvalue weighted by atomic mass is 10.2. The normalized spacial score (nSPS) is 10.6. The number of nitrogens with one attached hydrogen (secondary N) is 2. The summed E-state index contributed by atoms with van der Waals surface area (Å²) in [4.78, 5) is 22.9. The average molecular weight is 343 g/mol. The molecule has 1 amide bonds. The van der Waals surface area contributed by atoms with Crippen LogP contribution in [0.15, 0.2) is 30.6 Å². The summed E-state index contributed by atoms with van der Waals surface area (Å²) in [6.45, 7) is 3.73. The van der Waals surface area contributed by atoms with E-state index in [1.807, 2.05) is 39.2 Å². The molecule has 0 aliphatic heterocycles. The molecule has 0 bridgehead atoms. The summed E-state index contributed by atoms with van der Waals surface area (Å²) in [5.74, 6) is 0.852. The van der Waals surface area contributed by atoms with Gasteiger partial charge < -0.3 is 20.3 Å². The van der Waals surface area contributed by atoms with Crippen molar-refractivity contribution in [2.45, 2.75) is 13.3 Å². The Morgan fingerprint density at radius 1 is 1.24 bits per heavy atom. The first-order valence-electron chi connectivity index (χ1n) is 8.16. The van der Waals surface area contributed by atoms with Gasteiger partial charge >= 0.3 is 0 Å². The van der Waals surface area contributed by atoms with E-state index in [-0.39, 0.29) is 5.91 Å². The van der Waals surface area contributed by atoms with Crippen LogP contribution in [0.1, 0.15) is 22.3 Å². The predicted octanol–water partition coefficient (Wildman–Crippen LogP) is 2.41. The Morgan fingerprint density at radius 3 is 2.60 bits per heavy atom. The first-order valence-corrected chi connectivity index (χ1v) is 8.16. The summed E-state index contributed by atoms with van der Waals surface area (Å²) in [5, 5.41) is 5.97. The van der Waals surface area contributed by atoms with Gasteiger partial charge in [0.05, 0.1) is 18.4 Å². The number of nitrogens with zero attached hydrogens (tertiary/aromatic N) is 3. The number of carbonyl (C=O) groups is 1. The molecule has 0 fully saturated rings.